The van der Waals surface area contributed by atoms with Gasteiger partial charge in [-0.25, -0.2) is 9.18 Å². The summed E-state index contributed by atoms with van der Waals surface area (Å²) in [6, 6.07) is 5.72. The molecule has 1 aliphatic rings. The van der Waals surface area contributed by atoms with E-state index in [-0.39, 0.29) is 18.2 Å². The molecule has 1 unspecified atom stereocenters. The second kappa shape index (κ2) is 4.73. The molecule has 19 heavy (non-hydrogen) atoms. The summed E-state index contributed by atoms with van der Waals surface area (Å²) in [5.74, 6) is 2.29. The van der Waals surface area contributed by atoms with Crippen LogP contribution in [-0.2, 0) is 6.42 Å². The Labute approximate surface area is 111 Å². The Morgan fingerprint density at radius 3 is 2.95 bits per heavy atom. The molecule has 1 aromatic carbocycles. The third-order valence-corrected chi connectivity index (χ3v) is 3.28. The number of benzene rings is 1. The summed E-state index contributed by atoms with van der Waals surface area (Å²) in [4.78, 5) is 16.9. The van der Waals surface area contributed by atoms with Crippen molar-refractivity contribution in [2.45, 2.75) is 18.9 Å². The third kappa shape index (κ3) is 2.29. The fourth-order valence-corrected chi connectivity index (χ4v) is 2.20. The molecule has 1 aromatic rings. The van der Waals surface area contributed by atoms with Crippen LogP contribution < -0.4 is 5.73 Å². The van der Waals surface area contributed by atoms with Gasteiger partial charge in [-0.1, -0.05) is 18.1 Å². The SMILES string of the molecule is C#CCN1C(=O)N=C(N)C1(C)Cc1cccc(F)c1. The summed E-state index contributed by atoms with van der Waals surface area (Å²) < 4.78 is 13.2. The van der Waals surface area contributed by atoms with Crippen LogP contribution in [0.3, 0.4) is 0 Å². The average Bonchev–Trinajstić information content (AvgIpc) is 2.53. The molecule has 2 N–H and O–H groups in total. The number of rotatable bonds is 3. The summed E-state index contributed by atoms with van der Waals surface area (Å²) in [7, 11) is 0. The van der Waals surface area contributed by atoms with E-state index in [9.17, 15) is 9.18 Å². The first-order valence-corrected chi connectivity index (χ1v) is 5.81. The lowest BCUT2D eigenvalue weighted by Crippen LogP contribution is -2.53. The Morgan fingerprint density at radius 1 is 1.58 bits per heavy atom. The van der Waals surface area contributed by atoms with Gasteiger partial charge in [0.15, 0.2) is 0 Å². The van der Waals surface area contributed by atoms with E-state index in [0.717, 1.165) is 5.56 Å². The summed E-state index contributed by atoms with van der Waals surface area (Å²) >= 11 is 0. The number of amidine groups is 1. The van der Waals surface area contributed by atoms with E-state index in [1.807, 2.05) is 0 Å². The highest BCUT2D eigenvalue weighted by molar-refractivity contribution is 6.05. The molecule has 5 heteroatoms. The zero-order valence-corrected chi connectivity index (χ0v) is 10.6. The van der Waals surface area contributed by atoms with Gasteiger partial charge >= 0.3 is 6.03 Å². The van der Waals surface area contributed by atoms with Crippen LogP contribution in [0.2, 0.25) is 0 Å². The van der Waals surface area contributed by atoms with E-state index >= 15 is 0 Å². The van der Waals surface area contributed by atoms with Crippen LogP contribution in [0.15, 0.2) is 29.3 Å². The number of urea groups is 1. The molecule has 0 saturated heterocycles. The standard InChI is InChI=1S/C14H14FN3O/c1-3-7-18-13(19)17-12(16)14(18,2)9-10-5-4-6-11(15)8-10/h1,4-6,8H,7,9H2,2H3,(H2,16,17,19). The first kappa shape index (κ1) is 13.1. The van der Waals surface area contributed by atoms with Gasteiger partial charge < -0.3 is 5.73 Å². The highest BCUT2D eigenvalue weighted by atomic mass is 19.1. The topological polar surface area (TPSA) is 58.7 Å². The lowest BCUT2D eigenvalue weighted by molar-refractivity contribution is 0.188. The number of carbonyl (C=O) groups is 1. The third-order valence-electron chi connectivity index (χ3n) is 3.28. The van der Waals surface area contributed by atoms with Crippen molar-refractivity contribution >= 4 is 11.9 Å². The van der Waals surface area contributed by atoms with Crippen molar-refractivity contribution < 1.29 is 9.18 Å². The Hall–Kier alpha value is -2.35. The van der Waals surface area contributed by atoms with E-state index in [4.69, 9.17) is 12.2 Å². The molecule has 0 aliphatic carbocycles. The highest BCUT2D eigenvalue weighted by Gasteiger charge is 2.44. The molecule has 2 rings (SSSR count). The first-order valence-electron chi connectivity index (χ1n) is 5.81. The minimum absolute atomic E-state index is 0.120. The van der Waals surface area contributed by atoms with Crippen molar-refractivity contribution in [1.82, 2.24) is 4.90 Å². The molecule has 0 saturated carbocycles. The number of hydrogen-bond donors (Lipinski definition) is 1. The van der Waals surface area contributed by atoms with Gasteiger partial charge in [0, 0.05) is 6.42 Å². The number of amides is 2. The molecule has 2 amide bonds. The van der Waals surface area contributed by atoms with Gasteiger partial charge in [-0.3, -0.25) is 4.90 Å². The van der Waals surface area contributed by atoms with E-state index < -0.39 is 11.6 Å². The van der Waals surface area contributed by atoms with Crippen LogP contribution in [0.5, 0.6) is 0 Å². The number of hydrogen-bond acceptors (Lipinski definition) is 2. The highest BCUT2D eigenvalue weighted by Crippen LogP contribution is 2.27. The monoisotopic (exact) mass is 259 g/mol. The van der Waals surface area contributed by atoms with Crippen molar-refractivity contribution in [2.75, 3.05) is 6.54 Å². The number of nitrogens with zero attached hydrogens (tertiary/aromatic N) is 2. The van der Waals surface area contributed by atoms with Gasteiger partial charge in [-0.15, -0.1) is 6.42 Å². The number of terminal acetylenes is 1. The van der Waals surface area contributed by atoms with Gasteiger partial charge in [0.2, 0.25) is 0 Å². The number of carbonyl (C=O) groups excluding carboxylic acids is 1. The molecule has 0 radical (unpaired) electrons. The van der Waals surface area contributed by atoms with Crippen LogP contribution in [0, 0.1) is 18.2 Å². The number of nitrogens with two attached hydrogens (primary N) is 1. The van der Waals surface area contributed by atoms with Crippen LogP contribution in [0.4, 0.5) is 9.18 Å². The fourth-order valence-electron chi connectivity index (χ4n) is 2.20. The first-order chi connectivity index (χ1) is 8.97. The molecule has 0 aromatic heterocycles. The van der Waals surface area contributed by atoms with Crippen molar-refractivity contribution in [3.05, 3.63) is 35.6 Å². The van der Waals surface area contributed by atoms with E-state index in [1.165, 1.54) is 17.0 Å². The Bertz CT molecular complexity index is 591. The Morgan fingerprint density at radius 2 is 2.32 bits per heavy atom. The predicted molar refractivity (Wildman–Crippen MR) is 71.1 cm³/mol. The van der Waals surface area contributed by atoms with E-state index in [1.54, 1.807) is 19.1 Å². The summed E-state index contributed by atoms with van der Waals surface area (Å²) in [5, 5.41) is 0. The molecule has 1 heterocycles. The minimum atomic E-state index is -0.808. The maximum atomic E-state index is 13.2. The van der Waals surface area contributed by atoms with Crippen LogP contribution in [-0.4, -0.2) is 28.9 Å². The normalized spacial score (nSPS) is 22.3. The Balaban J connectivity index is 2.32. The lowest BCUT2D eigenvalue weighted by atomic mass is 9.90. The van der Waals surface area contributed by atoms with E-state index in [0.29, 0.717) is 6.42 Å². The summed E-state index contributed by atoms with van der Waals surface area (Å²) in [6.07, 6.45) is 5.63. The van der Waals surface area contributed by atoms with Crippen LogP contribution in [0.1, 0.15) is 12.5 Å². The molecule has 1 atom stereocenters. The second-order valence-corrected chi connectivity index (χ2v) is 4.65. The largest absolute Gasteiger partial charge is 0.385 e. The molecule has 0 bridgehead atoms. The quantitative estimate of drug-likeness (QED) is 0.837. The average molecular weight is 259 g/mol. The Kier molecular flexibility index (Phi) is 3.26. The zero-order chi connectivity index (χ0) is 14.0. The smallest absolute Gasteiger partial charge is 0.346 e. The summed E-state index contributed by atoms with van der Waals surface area (Å²) in [6.45, 7) is 1.90. The van der Waals surface area contributed by atoms with Crippen molar-refractivity contribution in [2.24, 2.45) is 10.7 Å². The van der Waals surface area contributed by atoms with Crippen LogP contribution >= 0.6 is 0 Å². The van der Waals surface area contributed by atoms with Gasteiger partial charge in [-0.05, 0) is 24.6 Å². The van der Waals surface area contributed by atoms with Crippen LogP contribution in [0.25, 0.3) is 0 Å². The molecular formula is C14H14FN3O. The van der Waals surface area contributed by atoms with Gasteiger partial charge in [0.05, 0.1) is 6.54 Å². The van der Waals surface area contributed by atoms with Gasteiger partial charge in [-0.2, -0.15) is 4.99 Å². The molecule has 0 fully saturated rings. The molecule has 1 aliphatic heterocycles. The molecular weight excluding hydrogens is 245 g/mol. The predicted octanol–water partition coefficient (Wildman–Crippen LogP) is 1.55. The summed E-state index contributed by atoms with van der Waals surface area (Å²) in [5.41, 5.74) is 5.76. The number of aliphatic imine (C=N–C) groups is 1. The second-order valence-electron chi connectivity index (χ2n) is 4.65. The van der Waals surface area contributed by atoms with Crippen molar-refractivity contribution in [1.29, 1.82) is 0 Å². The molecule has 0 spiro atoms. The van der Waals surface area contributed by atoms with Gasteiger partial charge in [0.25, 0.3) is 0 Å². The number of halogens is 1. The molecule has 4 nitrogen and oxygen atoms in total. The van der Waals surface area contributed by atoms with Crippen molar-refractivity contribution in [3.8, 4) is 12.3 Å². The minimum Gasteiger partial charge on any atom is -0.385 e. The van der Waals surface area contributed by atoms with E-state index in [2.05, 4.69) is 10.9 Å². The maximum Gasteiger partial charge on any atom is 0.346 e. The van der Waals surface area contributed by atoms with Crippen molar-refractivity contribution in [3.63, 3.8) is 0 Å². The fraction of sp³-hybridized carbons (Fsp3) is 0.286. The molecule has 98 valence electrons. The maximum absolute atomic E-state index is 13.2. The lowest BCUT2D eigenvalue weighted by Gasteiger charge is -2.33. The zero-order valence-electron chi connectivity index (χ0n) is 10.6. The van der Waals surface area contributed by atoms with Gasteiger partial charge in [0.1, 0.15) is 17.2 Å².